The predicted molar refractivity (Wildman–Crippen MR) is 142 cm³/mol. The number of ether oxygens (including phenoxy) is 5. The Hall–Kier alpha value is -3.99. The van der Waals surface area contributed by atoms with Crippen molar-refractivity contribution >= 4 is 5.78 Å². The minimum absolute atomic E-state index is 0.0160. The fraction of sp³-hybridized carbons (Fsp3) is 0.367. The van der Waals surface area contributed by atoms with Crippen molar-refractivity contribution in [3.63, 3.8) is 0 Å². The molecular formula is C30H32O10. The van der Waals surface area contributed by atoms with Gasteiger partial charge in [-0.15, -0.1) is 0 Å². The van der Waals surface area contributed by atoms with Gasteiger partial charge in [0.25, 0.3) is 0 Å². The molecule has 0 amide bonds. The second-order valence-corrected chi connectivity index (χ2v) is 9.91. The highest BCUT2D eigenvalue weighted by Crippen LogP contribution is 2.52. The topological polar surface area (TPSA) is 144 Å². The van der Waals surface area contributed by atoms with Crippen LogP contribution >= 0.6 is 0 Å². The number of aliphatic hydroxyl groups excluding tert-OH is 1. The number of methoxy groups -OCH3 is 3. The molecule has 0 spiro atoms. The molecule has 2 aliphatic heterocycles. The number of fused-ring (bicyclic) bond motifs is 1. The van der Waals surface area contributed by atoms with Crippen LogP contribution in [0.1, 0.15) is 45.2 Å². The number of hydrogen-bond acceptors (Lipinski definition) is 10. The lowest BCUT2D eigenvalue weighted by Crippen LogP contribution is -2.19. The number of carbonyl (C=O) groups is 1. The third kappa shape index (κ3) is 4.78. The van der Waals surface area contributed by atoms with Crippen LogP contribution in [0.2, 0.25) is 0 Å². The number of phenols is 3. The maximum Gasteiger partial charge on any atom is 0.172 e. The highest BCUT2D eigenvalue weighted by atomic mass is 16.5. The highest BCUT2D eigenvalue weighted by Gasteiger charge is 2.48. The lowest BCUT2D eigenvalue weighted by atomic mass is 9.83. The Balaban J connectivity index is 1.46. The Morgan fingerprint density at radius 1 is 0.800 bits per heavy atom. The summed E-state index contributed by atoms with van der Waals surface area (Å²) in [6.45, 7) is 0.252. The molecule has 4 N–H and O–H groups in total. The van der Waals surface area contributed by atoms with Gasteiger partial charge in [-0.05, 0) is 53.6 Å². The number of Topliss-reactive ketones (excluding diaryl/α,β-unsaturated/α-hetero) is 1. The summed E-state index contributed by atoms with van der Waals surface area (Å²) in [5.74, 6) is -1.30. The molecule has 0 aliphatic carbocycles. The standard InChI is InChI=1S/C30H32O10/c1-36-24-9-15(4-6-22(24)32)27(34)19(12-31)18-8-17(11-26(38-3)28(18)35)30-21-14-39-29(20(21)13-40-30)16-5-7-23(33)25(10-16)37-2/h4-11,19-21,29-33,35H,12-14H2,1-3H3/t19-,20-,21+,29+,30-/m1/s1. The molecule has 2 saturated heterocycles. The Bertz CT molecular complexity index is 1400. The molecule has 0 unspecified atom stereocenters. The molecular weight excluding hydrogens is 520 g/mol. The quantitative estimate of drug-likeness (QED) is 0.289. The number of aliphatic hydroxyl groups is 1. The number of carbonyl (C=O) groups excluding carboxylic acids is 1. The van der Waals surface area contributed by atoms with E-state index in [1.165, 1.54) is 39.5 Å². The number of benzene rings is 3. The first-order valence-electron chi connectivity index (χ1n) is 12.8. The molecule has 5 rings (SSSR count). The average molecular weight is 553 g/mol. The van der Waals surface area contributed by atoms with E-state index in [-0.39, 0.29) is 57.8 Å². The van der Waals surface area contributed by atoms with E-state index in [2.05, 4.69) is 0 Å². The fourth-order valence-corrected chi connectivity index (χ4v) is 5.70. The molecule has 5 atom stereocenters. The second kappa shape index (κ2) is 11.2. The zero-order valence-electron chi connectivity index (χ0n) is 22.4. The van der Waals surface area contributed by atoms with E-state index >= 15 is 0 Å². The van der Waals surface area contributed by atoms with E-state index in [0.29, 0.717) is 24.5 Å². The average Bonchev–Trinajstić information content (AvgIpc) is 3.57. The van der Waals surface area contributed by atoms with Crippen LogP contribution < -0.4 is 14.2 Å². The maximum absolute atomic E-state index is 13.5. The summed E-state index contributed by atoms with van der Waals surface area (Å²) in [5, 5.41) is 41.2. The summed E-state index contributed by atoms with van der Waals surface area (Å²) < 4.78 is 28.2. The van der Waals surface area contributed by atoms with Crippen molar-refractivity contribution in [3.05, 3.63) is 70.8 Å². The Kier molecular flexibility index (Phi) is 7.75. The van der Waals surface area contributed by atoms with Crippen molar-refractivity contribution in [3.8, 4) is 34.5 Å². The second-order valence-electron chi connectivity index (χ2n) is 9.91. The van der Waals surface area contributed by atoms with Gasteiger partial charge in [-0.3, -0.25) is 4.79 Å². The predicted octanol–water partition coefficient (Wildman–Crippen LogP) is 3.86. The van der Waals surface area contributed by atoms with E-state index in [1.54, 1.807) is 30.3 Å². The van der Waals surface area contributed by atoms with Crippen molar-refractivity contribution in [1.82, 2.24) is 0 Å². The summed E-state index contributed by atoms with van der Waals surface area (Å²) in [6, 6.07) is 12.6. The molecule has 3 aromatic carbocycles. The zero-order chi connectivity index (χ0) is 28.6. The molecule has 0 saturated carbocycles. The summed E-state index contributed by atoms with van der Waals surface area (Å²) in [7, 11) is 4.27. The van der Waals surface area contributed by atoms with Crippen LogP contribution in [0.15, 0.2) is 48.5 Å². The van der Waals surface area contributed by atoms with E-state index in [4.69, 9.17) is 23.7 Å². The molecule has 0 aromatic heterocycles. The van der Waals surface area contributed by atoms with E-state index in [0.717, 1.165) is 5.56 Å². The maximum atomic E-state index is 13.5. The SMILES string of the molecule is COc1cc(C(=O)[C@H](CO)c2cc([C@H]3OC[C@@H]4[C@@H]3CO[C@H]4c3ccc(O)c(OC)c3)cc(OC)c2O)ccc1O. The molecule has 2 heterocycles. The van der Waals surface area contributed by atoms with Crippen molar-refractivity contribution < 1.29 is 48.9 Å². The molecule has 2 aliphatic rings. The first-order chi connectivity index (χ1) is 19.3. The molecule has 0 bridgehead atoms. The van der Waals surface area contributed by atoms with E-state index < -0.39 is 24.4 Å². The summed E-state index contributed by atoms with van der Waals surface area (Å²) >= 11 is 0. The molecule has 40 heavy (non-hydrogen) atoms. The minimum Gasteiger partial charge on any atom is -0.504 e. The fourth-order valence-electron chi connectivity index (χ4n) is 5.70. The summed E-state index contributed by atoms with van der Waals surface area (Å²) in [4.78, 5) is 13.5. The number of aromatic hydroxyl groups is 3. The van der Waals surface area contributed by atoms with Gasteiger partial charge in [-0.2, -0.15) is 0 Å². The van der Waals surface area contributed by atoms with Crippen molar-refractivity contribution in [2.24, 2.45) is 11.8 Å². The van der Waals surface area contributed by atoms with Gasteiger partial charge in [0.1, 0.15) is 0 Å². The Morgan fingerprint density at radius 2 is 1.35 bits per heavy atom. The van der Waals surface area contributed by atoms with Crippen LogP contribution in [0.3, 0.4) is 0 Å². The lowest BCUT2D eigenvalue weighted by Gasteiger charge is -2.22. The van der Waals surface area contributed by atoms with E-state index in [9.17, 15) is 25.2 Å². The van der Waals surface area contributed by atoms with Crippen LogP contribution in [-0.2, 0) is 9.47 Å². The number of hydrogen-bond donors (Lipinski definition) is 4. The van der Waals surface area contributed by atoms with Crippen LogP contribution in [0.5, 0.6) is 34.5 Å². The van der Waals surface area contributed by atoms with E-state index in [1.807, 2.05) is 0 Å². The van der Waals surface area contributed by atoms with Gasteiger partial charge in [0.05, 0.1) is 59.3 Å². The monoisotopic (exact) mass is 552 g/mol. The van der Waals surface area contributed by atoms with Gasteiger partial charge >= 0.3 is 0 Å². The minimum atomic E-state index is -1.11. The molecule has 212 valence electrons. The van der Waals surface area contributed by atoms with Gasteiger partial charge in [0, 0.05) is 23.0 Å². The van der Waals surface area contributed by atoms with Crippen LogP contribution in [0.4, 0.5) is 0 Å². The van der Waals surface area contributed by atoms with Crippen molar-refractivity contribution in [1.29, 1.82) is 0 Å². The molecule has 2 fully saturated rings. The normalized spacial score (nSPS) is 22.5. The lowest BCUT2D eigenvalue weighted by molar-refractivity contribution is 0.0191. The van der Waals surface area contributed by atoms with Crippen molar-refractivity contribution in [2.45, 2.75) is 18.1 Å². The van der Waals surface area contributed by atoms with Gasteiger partial charge in [0.15, 0.2) is 40.3 Å². The van der Waals surface area contributed by atoms with Crippen LogP contribution in [0, 0.1) is 11.8 Å². The first-order valence-corrected chi connectivity index (χ1v) is 12.8. The molecule has 3 aromatic rings. The van der Waals surface area contributed by atoms with Crippen molar-refractivity contribution in [2.75, 3.05) is 41.2 Å². The smallest absolute Gasteiger partial charge is 0.172 e. The zero-order valence-corrected chi connectivity index (χ0v) is 22.4. The highest BCUT2D eigenvalue weighted by molar-refractivity contribution is 6.02. The first kappa shape index (κ1) is 27.6. The Labute approximate surface area is 231 Å². The third-order valence-corrected chi connectivity index (χ3v) is 7.81. The molecule has 10 heteroatoms. The van der Waals surface area contributed by atoms with Crippen LogP contribution in [0.25, 0.3) is 0 Å². The number of rotatable bonds is 9. The van der Waals surface area contributed by atoms with Gasteiger partial charge < -0.3 is 44.1 Å². The largest absolute Gasteiger partial charge is 0.504 e. The third-order valence-electron chi connectivity index (χ3n) is 7.81. The summed E-state index contributed by atoms with van der Waals surface area (Å²) in [5.41, 5.74) is 1.94. The number of ketones is 1. The van der Waals surface area contributed by atoms with Gasteiger partial charge in [0.2, 0.25) is 0 Å². The number of phenolic OH excluding ortho intramolecular Hbond substituents is 3. The van der Waals surface area contributed by atoms with Crippen LogP contribution in [-0.4, -0.2) is 67.4 Å². The Morgan fingerprint density at radius 3 is 1.95 bits per heavy atom. The van der Waals surface area contributed by atoms with Gasteiger partial charge in [-0.1, -0.05) is 6.07 Å². The molecule has 10 nitrogen and oxygen atoms in total. The van der Waals surface area contributed by atoms with Gasteiger partial charge in [-0.25, -0.2) is 0 Å². The molecule has 0 radical (unpaired) electrons. The summed E-state index contributed by atoms with van der Waals surface area (Å²) in [6.07, 6.45) is -0.676.